The Balaban J connectivity index is 2.05. The van der Waals surface area contributed by atoms with Gasteiger partial charge in [-0.3, -0.25) is 4.57 Å². The van der Waals surface area contributed by atoms with Crippen molar-refractivity contribution in [3.63, 3.8) is 0 Å². The Morgan fingerprint density at radius 1 is 1.42 bits per heavy atom. The highest BCUT2D eigenvalue weighted by atomic mass is 127. The second-order valence-corrected chi connectivity index (χ2v) is 7.24. The zero-order chi connectivity index (χ0) is 17.4. The molecule has 3 heterocycles. The van der Waals surface area contributed by atoms with Crippen molar-refractivity contribution in [1.29, 1.82) is 0 Å². The highest BCUT2D eigenvalue weighted by Gasteiger charge is 2.44. The number of ether oxygens (including phenoxy) is 1. The number of imidazole rings is 1. The summed E-state index contributed by atoms with van der Waals surface area (Å²) < 4.78 is 7.07. The Bertz CT molecular complexity index is 815. The van der Waals surface area contributed by atoms with Crippen LogP contribution in [0.4, 0.5) is 5.82 Å². The first-order valence-corrected chi connectivity index (χ1v) is 8.45. The standard InChI is InChI=1S/C14H16IN5O4/c1-6(15)2-3-8-18-12(16)9-13(19-8)20(5-17-9)14-11(23)10(22)7(4-21)24-14/h5-7,10-11,14,21-23H,4H2,1H3,(H2,16,18,19)/t6?,7?,10-,11-,14?/m1/s1. The number of aliphatic hydroxyl groups excluding tert-OH is 3. The minimum absolute atomic E-state index is 0.119. The van der Waals surface area contributed by atoms with E-state index < -0.39 is 31.1 Å². The molecule has 1 aliphatic rings. The maximum absolute atomic E-state index is 10.2. The van der Waals surface area contributed by atoms with Crippen LogP contribution in [0.2, 0.25) is 0 Å². The molecule has 0 aliphatic carbocycles. The van der Waals surface area contributed by atoms with Crippen LogP contribution in [0.1, 0.15) is 19.0 Å². The first-order chi connectivity index (χ1) is 11.4. The van der Waals surface area contributed by atoms with Crippen molar-refractivity contribution in [2.24, 2.45) is 0 Å². The molecule has 3 unspecified atom stereocenters. The van der Waals surface area contributed by atoms with Crippen molar-refractivity contribution < 1.29 is 20.1 Å². The molecule has 3 rings (SSSR count). The van der Waals surface area contributed by atoms with E-state index >= 15 is 0 Å². The summed E-state index contributed by atoms with van der Waals surface area (Å²) in [5.74, 6) is 6.17. The highest BCUT2D eigenvalue weighted by Crippen LogP contribution is 2.31. The van der Waals surface area contributed by atoms with Crippen molar-refractivity contribution in [3.8, 4) is 11.8 Å². The zero-order valence-electron chi connectivity index (χ0n) is 12.7. The Morgan fingerprint density at radius 2 is 2.17 bits per heavy atom. The van der Waals surface area contributed by atoms with Crippen molar-refractivity contribution in [3.05, 3.63) is 12.2 Å². The molecule has 24 heavy (non-hydrogen) atoms. The molecule has 0 radical (unpaired) electrons. The molecule has 0 spiro atoms. The van der Waals surface area contributed by atoms with Gasteiger partial charge in [-0.2, -0.15) is 0 Å². The molecule has 5 atom stereocenters. The van der Waals surface area contributed by atoms with E-state index in [0.717, 1.165) is 0 Å². The van der Waals surface area contributed by atoms with Gasteiger partial charge in [-0.15, -0.1) is 0 Å². The van der Waals surface area contributed by atoms with E-state index in [-0.39, 0.29) is 15.6 Å². The number of nitrogen functional groups attached to an aromatic ring is 1. The fourth-order valence-corrected chi connectivity index (χ4v) is 2.61. The molecule has 0 amide bonds. The van der Waals surface area contributed by atoms with Crippen LogP contribution in [0.5, 0.6) is 0 Å². The molecular formula is C14H16IN5O4. The lowest BCUT2D eigenvalue weighted by Crippen LogP contribution is -2.33. The van der Waals surface area contributed by atoms with Crippen LogP contribution < -0.4 is 5.73 Å². The topological polar surface area (TPSA) is 140 Å². The number of hydrogen-bond donors (Lipinski definition) is 4. The largest absolute Gasteiger partial charge is 0.394 e. The number of hydrogen-bond acceptors (Lipinski definition) is 8. The highest BCUT2D eigenvalue weighted by molar-refractivity contribution is 14.1. The van der Waals surface area contributed by atoms with Gasteiger partial charge in [-0.05, 0) is 12.8 Å². The smallest absolute Gasteiger partial charge is 0.209 e. The van der Waals surface area contributed by atoms with E-state index in [1.165, 1.54) is 10.9 Å². The molecule has 2 aromatic heterocycles. The monoisotopic (exact) mass is 445 g/mol. The summed E-state index contributed by atoms with van der Waals surface area (Å²) in [6, 6.07) is 0. The van der Waals surface area contributed by atoms with Crippen LogP contribution >= 0.6 is 22.6 Å². The molecule has 0 aromatic carbocycles. The number of rotatable bonds is 2. The molecule has 1 fully saturated rings. The summed E-state index contributed by atoms with van der Waals surface area (Å²) in [5, 5.41) is 29.3. The van der Waals surface area contributed by atoms with Gasteiger partial charge in [0.15, 0.2) is 17.7 Å². The maximum atomic E-state index is 10.2. The number of alkyl halides is 1. The lowest BCUT2D eigenvalue weighted by atomic mass is 10.1. The van der Waals surface area contributed by atoms with Gasteiger partial charge >= 0.3 is 0 Å². The average Bonchev–Trinajstić information content (AvgIpc) is 3.08. The molecule has 1 aliphatic heterocycles. The van der Waals surface area contributed by atoms with E-state index in [2.05, 4.69) is 49.4 Å². The van der Waals surface area contributed by atoms with E-state index in [1.807, 2.05) is 6.92 Å². The van der Waals surface area contributed by atoms with Gasteiger partial charge in [0.2, 0.25) is 5.82 Å². The molecule has 2 aromatic rings. The third-order valence-corrected chi connectivity index (χ3v) is 3.93. The summed E-state index contributed by atoms with van der Waals surface area (Å²) in [5.41, 5.74) is 6.59. The molecular weight excluding hydrogens is 429 g/mol. The number of nitrogens with two attached hydrogens (primary N) is 1. The second kappa shape index (κ2) is 6.77. The summed E-state index contributed by atoms with van der Waals surface area (Å²) in [4.78, 5) is 12.6. The van der Waals surface area contributed by atoms with Crippen LogP contribution in [-0.4, -0.2) is 63.7 Å². The van der Waals surface area contributed by atoms with Crippen LogP contribution in [0.3, 0.4) is 0 Å². The van der Waals surface area contributed by atoms with Gasteiger partial charge in [0.05, 0.1) is 16.9 Å². The summed E-state index contributed by atoms with van der Waals surface area (Å²) in [6.45, 7) is 1.52. The van der Waals surface area contributed by atoms with Gasteiger partial charge in [0.1, 0.15) is 23.8 Å². The first kappa shape index (κ1) is 17.3. The van der Waals surface area contributed by atoms with Crippen LogP contribution in [-0.2, 0) is 4.74 Å². The molecule has 10 heteroatoms. The van der Waals surface area contributed by atoms with E-state index in [0.29, 0.717) is 11.2 Å². The number of aromatic nitrogens is 4. The minimum atomic E-state index is -1.24. The lowest BCUT2D eigenvalue weighted by molar-refractivity contribution is -0.0511. The Hall–Kier alpha value is -1.52. The lowest BCUT2D eigenvalue weighted by Gasteiger charge is -2.16. The Labute approximate surface area is 151 Å². The summed E-state index contributed by atoms with van der Waals surface area (Å²) in [7, 11) is 0. The van der Waals surface area contributed by atoms with Gasteiger partial charge in [0.25, 0.3) is 0 Å². The van der Waals surface area contributed by atoms with Gasteiger partial charge in [-0.25, -0.2) is 15.0 Å². The molecule has 9 nitrogen and oxygen atoms in total. The van der Waals surface area contributed by atoms with Gasteiger partial charge < -0.3 is 25.8 Å². The predicted molar refractivity (Wildman–Crippen MR) is 93.1 cm³/mol. The number of anilines is 1. The fourth-order valence-electron chi connectivity index (χ4n) is 2.45. The van der Waals surface area contributed by atoms with E-state index in [4.69, 9.17) is 10.5 Å². The molecule has 0 bridgehead atoms. The van der Waals surface area contributed by atoms with Crippen LogP contribution in [0.25, 0.3) is 11.2 Å². The third kappa shape index (κ3) is 3.05. The summed E-state index contributed by atoms with van der Waals surface area (Å²) >= 11 is 2.16. The van der Waals surface area contributed by atoms with Gasteiger partial charge in [-0.1, -0.05) is 28.5 Å². The number of aliphatic hydroxyl groups is 3. The molecule has 5 N–H and O–H groups in total. The SMILES string of the molecule is CC(I)C#Cc1nc(N)c2ncn(C3OC(CO)[C@@H](O)[C@H]3O)c2n1. The van der Waals surface area contributed by atoms with Crippen molar-refractivity contribution in [1.82, 2.24) is 19.5 Å². The fraction of sp³-hybridized carbons (Fsp3) is 0.500. The van der Waals surface area contributed by atoms with Gasteiger partial charge in [0, 0.05) is 0 Å². The molecule has 128 valence electrons. The molecule has 0 saturated carbocycles. The first-order valence-electron chi connectivity index (χ1n) is 7.20. The Morgan fingerprint density at radius 3 is 2.79 bits per heavy atom. The minimum Gasteiger partial charge on any atom is -0.394 e. The van der Waals surface area contributed by atoms with Crippen LogP contribution in [0, 0.1) is 11.8 Å². The summed E-state index contributed by atoms with van der Waals surface area (Å²) in [6.07, 6.45) is -2.88. The average molecular weight is 445 g/mol. The predicted octanol–water partition coefficient (Wildman–Crippen LogP) is -0.805. The molecule has 1 saturated heterocycles. The maximum Gasteiger partial charge on any atom is 0.209 e. The quantitative estimate of drug-likeness (QED) is 0.268. The third-order valence-electron chi connectivity index (χ3n) is 3.62. The van der Waals surface area contributed by atoms with Crippen LogP contribution in [0.15, 0.2) is 6.33 Å². The van der Waals surface area contributed by atoms with Crippen molar-refractivity contribution >= 4 is 39.6 Å². The van der Waals surface area contributed by atoms with E-state index in [9.17, 15) is 15.3 Å². The normalized spacial score (nSPS) is 27.9. The Kier molecular flexibility index (Phi) is 4.88. The second-order valence-electron chi connectivity index (χ2n) is 5.37. The van der Waals surface area contributed by atoms with E-state index in [1.54, 1.807) is 0 Å². The number of halogens is 1. The zero-order valence-corrected chi connectivity index (χ0v) is 14.8. The van der Waals surface area contributed by atoms with Crippen molar-refractivity contribution in [2.75, 3.05) is 12.3 Å². The number of fused-ring (bicyclic) bond motifs is 1. The number of nitrogens with zero attached hydrogens (tertiary/aromatic N) is 4. The van der Waals surface area contributed by atoms with Crippen molar-refractivity contribution in [2.45, 2.75) is 35.4 Å².